The number of imidazole rings is 1. The van der Waals surface area contributed by atoms with E-state index in [1.807, 2.05) is 24.3 Å². The highest BCUT2D eigenvalue weighted by Crippen LogP contribution is 2.22. The lowest BCUT2D eigenvalue weighted by molar-refractivity contribution is 0.242. The number of nitrogens with zero attached hydrogens (tertiary/aromatic N) is 4. The first kappa shape index (κ1) is 18.3. The summed E-state index contributed by atoms with van der Waals surface area (Å²) in [6.45, 7) is 0.514. The van der Waals surface area contributed by atoms with Crippen molar-refractivity contribution in [2.75, 3.05) is 0 Å². The Morgan fingerprint density at radius 1 is 1.14 bits per heavy atom. The van der Waals surface area contributed by atoms with E-state index in [1.165, 1.54) is 11.6 Å². The van der Waals surface area contributed by atoms with Gasteiger partial charge in [-0.05, 0) is 29.8 Å². The van der Waals surface area contributed by atoms with Gasteiger partial charge in [-0.2, -0.15) is 4.98 Å². The molecule has 0 aliphatic rings. The lowest BCUT2D eigenvalue weighted by Crippen LogP contribution is -2.37. The van der Waals surface area contributed by atoms with Crippen molar-refractivity contribution in [1.29, 1.82) is 0 Å². The Morgan fingerprint density at radius 2 is 1.96 bits per heavy atom. The Kier molecular flexibility index (Phi) is 4.68. The molecule has 4 rings (SSSR count). The smallest absolute Gasteiger partial charge is 0.332 e. The fourth-order valence-corrected chi connectivity index (χ4v) is 3.48. The molecule has 0 aliphatic heterocycles. The molecule has 1 aromatic carbocycles. The molecule has 4 aromatic rings. The number of furan rings is 1. The van der Waals surface area contributed by atoms with Crippen LogP contribution in [0.2, 0.25) is 0 Å². The van der Waals surface area contributed by atoms with E-state index in [0.717, 1.165) is 14.6 Å². The molecule has 0 amide bonds. The van der Waals surface area contributed by atoms with Crippen LogP contribution in [0.5, 0.6) is 6.01 Å². The van der Waals surface area contributed by atoms with Crippen molar-refractivity contribution in [2.24, 2.45) is 14.1 Å². The standard InChI is InChI=1S/C19H17BrN4O4/c1-22-16-15(17(25)23(2)19(22)26)24(10-12-5-3-6-13(20)9-12)18(21-16)28-11-14-7-4-8-27-14/h3-9H,10-11H2,1-2H3. The normalized spacial score (nSPS) is 11.2. The fraction of sp³-hybridized carbons (Fsp3) is 0.211. The minimum Gasteiger partial charge on any atom is -0.466 e. The summed E-state index contributed by atoms with van der Waals surface area (Å²) in [5.74, 6) is 0.628. The number of ether oxygens (including phenoxy) is 1. The third kappa shape index (κ3) is 3.18. The molecule has 0 bridgehead atoms. The van der Waals surface area contributed by atoms with E-state index in [9.17, 15) is 9.59 Å². The largest absolute Gasteiger partial charge is 0.466 e. The minimum atomic E-state index is -0.442. The van der Waals surface area contributed by atoms with Gasteiger partial charge in [0.15, 0.2) is 11.2 Å². The lowest BCUT2D eigenvalue weighted by atomic mass is 10.2. The minimum absolute atomic E-state index is 0.156. The summed E-state index contributed by atoms with van der Waals surface area (Å²) < 4.78 is 16.2. The zero-order valence-corrected chi connectivity index (χ0v) is 16.8. The Labute approximate surface area is 167 Å². The molecular formula is C19H17BrN4O4. The van der Waals surface area contributed by atoms with Crippen LogP contribution in [0.4, 0.5) is 0 Å². The Balaban J connectivity index is 1.88. The average molecular weight is 445 g/mol. The second-order valence-electron chi connectivity index (χ2n) is 6.36. The van der Waals surface area contributed by atoms with Gasteiger partial charge in [-0.15, -0.1) is 0 Å². The maximum Gasteiger partial charge on any atom is 0.332 e. The summed E-state index contributed by atoms with van der Waals surface area (Å²) in [4.78, 5) is 29.5. The van der Waals surface area contributed by atoms with Crippen LogP contribution in [0.3, 0.4) is 0 Å². The first-order chi connectivity index (χ1) is 13.5. The quantitative estimate of drug-likeness (QED) is 0.471. The third-order valence-electron chi connectivity index (χ3n) is 4.47. The Morgan fingerprint density at radius 3 is 2.68 bits per heavy atom. The molecule has 0 saturated carbocycles. The number of fused-ring (bicyclic) bond motifs is 1. The van der Waals surface area contributed by atoms with Gasteiger partial charge >= 0.3 is 5.69 Å². The first-order valence-electron chi connectivity index (χ1n) is 8.51. The number of benzene rings is 1. The molecular weight excluding hydrogens is 428 g/mol. The topological polar surface area (TPSA) is 84.2 Å². The summed E-state index contributed by atoms with van der Waals surface area (Å²) in [6, 6.07) is 11.5. The maximum absolute atomic E-state index is 12.8. The molecule has 8 nitrogen and oxygen atoms in total. The van der Waals surface area contributed by atoms with Crippen LogP contribution in [0.15, 0.2) is 61.1 Å². The van der Waals surface area contributed by atoms with E-state index in [1.54, 1.807) is 30.0 Å². The predicted octanol–water partition coefficient (Wildman–Crippen LogP) is 2.42. The van der Waals surface area contributed by atoms with E-state index < -0.39 is 11.2 Å². The van der Waals surface area contributed by atoms with Gasteiger partial charge in [0.2, 0.25) is 0 Å². The van der Waals surface area contributed by atoms with Gasteiger partial charge in [-0.25, -0.2) is 4.79 Å². The summed E-state index contributed by atoms with van der Waals surface area (Å²) in [5.41, 5.74) is 0.666. The zero-order chi connectivity index (χ0) is 19.8. The molecule has 3 aromatic heterocycles. The zero-order valence-electron chi connectivity index (χ0n) is 15.3. The highest BCUT2D eigenvalue weighted by atomic mass is 79.9. The van der Waals surface area contributed by atoms with Crippen molar-refractivity contribution in [3.8, 4) is 6.01 Å². The van der Waals surface area contributed by atoms with E-state index in [-0.39, 0.29) is 18.3 Å². The van der Waals surface area contributed by atoms with E-state index in [0.29, 0.717) is 17.8 Å². The van der Waals surface area contributed by atoms with Gasteiger partial charge in [-0.3, -0.25) is 18.5 Å². The third-order valence-corrected chi connectivity index (χ3v) is 4.96. The molecule has 144 valence electrons. The predicted molar refractivity (Wildman–Crippen MR) is 106 cm³/mol. The van der Waals surface area contributed by atoms with Gasteiger partial charge in [0.25, 0.3) is 11.6 Å². The fourth-order valence-electron chi connectivity index (χ4n) is 3.03. The van der Waals surface area contributed by atoms with Crippen LogP contribution in [0.1, 0.15) is 11.3 Å². The van der Waals surface area contributed by atoms with Crippen LogP contribution >= 0.6 is 15.9 Å². The van der Waals surface area contributed by atoms with Crippen LogP contribution in [0, 0.1) is 0 Å². The maximum atomic E-state index is 12.8. The average Bonchev–Trinajstić information content (AvgIpc) is 3.31. The SMILES string of the molecule is Cn1c(=O)c2c(nc(OCc3ccco3)n2Cc2cccc(Br)c2)n(C)c1=O. The van der Waals surface area contributed by atoms with Crippen molar-refractivity contribution < 1.29 is 9.15 Å². The second kappa shape index (κ2) is 7.16. The number of hydrogen-bond acceptors (Lipinski definition) is 5. The van der Waals surface area contributed by atoms with Crippen LogP contribution in [0.25, 0.3) is 11.2 Å². The van der Waals surface area contributed by atoms with Crippen molar-refractivity contribution in [3.63, 3.8) is 0 Å². The Bertz CT molecular complexity index is 1270. The molecule has 0 spiro atoms. The molecule has 0 unspecified atom stereocenters. The summed E-state index contributed by atoms with van der Waals surface area (Å²) in [5, 5.41) is 0. The summed E-state index contributed by atoms with van der Waals surface area (Å²) in [6.07, 6.45) is 1.56. The molecule has 0 aliphatic carbocycles. The van der Waals surface area contributed by atoms with Gasteiger partial charge in [0.1, 0.15) is 12.4 Å². The van der Waals surface area contributed by atoms with Crippen LogP contribution in [-0.4, -0.2) is 18.7 Å². The van der Waals surface area contributed by atoms with Crippen molar-refractivity contribution in [2.45, 2.75) is 13.2 Å². The summed E-state index contributed by atoms with van der Waals surface area (Å²) in [7, 11) is 3.03. The lowest BCUT2D eigenvalue weighted by Gasteiger charge is -2.10. The number of hydrogen-bond donors (Lipinski definition) is 0. The van der Waals surface area contributed by atoms with Crippen molar-refractivity contribution in [3.05, 3.63) is 79.3 Å². The highest BCUT2D eigenvalue weighted by Gasteiger charge is 2.20. The Hall–Kier alpha value is -3.07. The summed E-state index contributed by atoms with van der Waals surface area (Å²) >= 11 is 3.46. The van der Waals surface area contributed by atoms with Gasteiger partial charge < -0.3 is 9.15 Å². The highest BCUT2D eigenvalue weighted by molar-refractivity contribution is 9.10. The van der Waals surface area contributed by atoms with Crippen molar-refractivity contribution in [1.82, 2.24) is 18.7 Å². The molecule has 0 atom stereocenters. The molecule has 9 heteroatoms. The molecule has 28 heavy (non-hydrogen) atoms. The van der Waals surface area contributed by atoms with E-state index in [2.05, 4.69) is 20.9 Å². The monoisotopic (exact) mass is 444 g/mol. The number of halogens is 1. The number of aryl methyl sites for hydroxylation is 1. The molecule has 0 fully saturated rings. The number of rotatable bonds is 5. The van der Waals surface area contributed by atoms with E-state index in [4.69, 9.17) is 9.15 Å². The van der Waals surface area contributed by atoms with Crippen LogP contribution < -0.4 is 16.0 Å². The molecule has 0 saturated heterocycles. The molecule has 0 radical (unpaired) electrons. The van der Waals surface area contributed by atoms with Crippen molar-refractivity contribution >= 4 is 27.1 Å². The van der Waals surface area contributed by atoms with Gasteiger partial charge in [0, 0.05) is 18.6 Å². The first-order valence-corrected chi connectivity index (χ1v) is 9.31. The van der Waals surface area contributed by atoms with Gasteiger partial charge in [0.05, 0.1) is 12.8 Å². The van der Waals surface area contributed by atoms with E-state index >= 15 is 0 Å². The molecule has 0 N–H and O–H groups in total. The van der Waals surface area contributed by atoms with Gasteiger partial charge in [-0.1, -0.05) is 28.1 Å². The number of aromatic nitrogens is 4. The van der Waals surface area contributed by atoms with Crippen LogP contribution in [-0.2, 0) is 27.2 Å². The second-order valence-corrected chi connectivity index (χ2v) is 7.27. The molecule has 3 heterocycles.